The van der Waals surface area contributed by atoms with Crippen molar-refractivity contribution in [3.63, 3.8) is 0 Å². The molecule has 0 fully saturated rings. The third-order valence-corrected chi connectivity index (χ3v) is 1.64. The van der Waals surface area contributed by atoms with Gasteiger partial charge in [0.1, 0.15) is 0 Å². The molecule has 0 aromatic carbocycles. The van der Waals surface area contributed by atoms with Gasteiger partial charge in [-0.2, -0.15) is 13.2 Å². The molecule has 13 heavy (non-hydrogen) atoms. The summed E-state index contributed by atoms with van der Waals surface area (Å²) in [6.45, 7) is 0.276. The van der Waals surface area contributed by atoms with Crippen LogP contribution < -0.4 is 0 Å². The molecule has 0 aliphatic carbocycles. The Hall–Kier alpha value is -0.450. The second-order valence-electron chi connectivity index (χ2n) is 2.62. The van der Waals surface area contributed by atoms with Gasteiger partial charge in [-0.3, -0.25) is 4.79 Å². The highest BCUT2D eigenvalue weighted by atomic mass is 35.5. The minimum absolute atomic E-state index is 0.230. The van der Waals surface area contributed by atoms with Crippen molar-refractivity contribution in [3.05, 3.63) is 0 Å². The van der Waals surface area contributed by atoms with Crippen LogP contribution in [0.1, 0.15) is 12.8 Å². The third kappa shape index (κ3) is 6.69. The van der Waals surface area contributed by atoms with Gasteiger partial charge in [0.05, 0.1) is 6.42 Å². The van der Waals surface area contributed by atoms with Gasteiger partial charge in [0.15, 0.2) is 0 Å². The van der Waals surface area contributed by atoms with Crippen LogP contribution in [0.15, 0.2) is 0 Å². The lowest BCUT2D eigenvalue weighted by Crippen LogP contribution is -2.29. The molecule has 0 heterocycles. The zero-order valence-electron chi connectivity index (χ0n) is 7.20. The van der Waals surface area contributed by atoms with Gasteiger partial charge in [-0.25, -0.2) is 0 Å². The van der Waals surface area contributed by atoms with Crippen molar-refractivity contribution in [1.82, 2.24) is 4.90 Å². The molecule has 0 bridgehead atoms. The smallest absolute Gasteiger partial charge is 0.345 e. The lowest BCUT2D eigenvalue weighted by atomic mass is 10.3. The van der Waals surface area contributed by atoms with Crippen LogP contribution in [0.25, 0.3) is 0 Å². The standard InChI is InChI=1S/C7H11ClF3NO/c1-12(5-4-8)6(13)2-3-7(9,10)11/h2-5H2,1H3. The summed E-state index contributed by atoms with van der Waals surface area (Å²) in [6.07, 6.45) is -5.84. The van der Waals surface area contributed by atoms with Crippen molar-refractivity contribution in [2.75, 3.05) is 19.5 Å². The van der Waals surface area contributed by atoms with Gasteiger partial charge in [0, 0.05) is 25.9 Å². The van der Waals surface area contributed by atoms with Gasteiger partial charge >= 0.3 is 6.18 Å². The first-order chi connectivity index (χ1) is 5.87. The molecule has 78 valence electrons. The van der Waals surface area contributed by atoms with Crippen LogP contribution in [0.3, 0.4) is 0 Å². The molecule has 0 unspecified atom stereocenters. The highest BCUT2D eigenvalue weighted by molar-refractivity contribution is 6.18. The fourth-order valence-electron chi connectivity index (χ4n) is 0.691. The van der Waals surface area contributed by atoms with Crippen molar-refractivity contribution in [2.24, 2.45) is 0 Å². The molecule has 0 N–H and O–H groups in total. The molecule has 0 spiro atoms. The van der Waals surface area contributed by atoms with Crippen molar-refractivity contribution in [1.29, 1.82) is 0 Å². The molecule has 0 saturated carbocycles. The summed E-state index contributed by atoms with van der Waals surface area (Å²) < 4.78 is 35.0. The number of rotatable bonds is 4. The third-order valence-electron chi connectivity index (χ3n) is 1.47. The van der Waals surface area contributed by atoms with Crippen LogP contribution in [-0.4, -0.2) is 36.5 Å². The number of alkyl halides is 4. The molecule has 6 heteroatoms. The van der Waals surface area contributed by atoms with E-state index in [1.54, 1.807) is 0 Å². The Morgan fingerprint density at radius 3 is 2.38 bits per heavy atom. The fourth-order valence-corrected chi connectivity index (χ4v) is 0.945. The highest BCUT2D eigenvalue weighted by Crippen LogP contribution is 2.21. The van der Waals surface area contributed by atoms with Crippen LogP contribution in [0.4, 0.5) is 13.2 Å². The molecule has 0 saturated heterocycles. The highest BCUT2D eigenvalue weighted by Gasteiger charge is 2.28. The molecule has 2 nitrogen and oxygen atoms in total. The Balaban J connectivity index is 3.74. The summed E-state index contributed by atoms with van der Waals surface area (Å²) in [7, 11) is 1.43. The lowest BCUT2D eigenvalue weighted by Gasteiger charge is -2.15. The first-order valence-corrected chi connectivity index (χ1v) is 4.27. The molecule has 0 atom stereocenters. The lowest BCUT2D eigenvalue weighted by molar-refractivity contribution is -0.148. The van der Waals surface area contributed by atoms with E-state index in [1.165, 1.54) is 11.9 Å². The quantitative estimate of drug-likeness (QED) is 0.660. The molecular weight excluding hydrogens is 207 g/mol. The summed E-state index contributed by atoms with van der Waals surface area (Å²) in [5, 5.41) is 0. The first-order valence-electron chi connectivity index (χ1n) is 3.73. The maximum Gasteiger partial charge on any atom is 0.389 e. The van der Waals surface area contributed by atoms with Crippen LogP contribution in [0.2, 0.25) is 0 Å². The van der Waals surface area contributed by atoms with E-state index in [4.69, 9.17) is 11.6 Å². The summed E-state index contributed by atoms with van der Waals surface area (Å²) in [5.41, 5.74) is 0. The van der Waals surface area contributed by atoms with E-state index in [0.29, 0.717) is 0 Å². The van der Waals surface area contributed by atoms with Crippen molar-refractivity contribution >= 4 is 17.5 Å². The number of halogens is 4. The van der Waals surface area contributed by atoms with Crippen molar-refractivity contribution < 1.29 is 18.0 Å². The van der Waals surface area contributed by atoms with E-state index in [2.05, 4.69) is 0 Å². The maximum atomic E-state index is 11.7. The number of carbonyl (C=O) groups is 1. The largest absolute Gasteiger partial charge is 0.389 e. The van der Waals surface area contributed by atoms with Gasteiger partial charge in [-0.1, -0.05) is 0 Å². The van der Waals surface area contributed by atoms with Gasteiger partial charge in [0.25, 0.3) is 0 Å². The molecule has 0 aliphatic heterocycles. The maximum absolute atomic E-state index is 11.7. The fraction of sp³-hybridized carbons (Fsp3) is 0.857. The van der Waals surface area contributed by atoms with E-state index in [1.807, 2.05) is 0 Å². The van der Waals surface area contributed by atoms with Crippen LogP contribution in [0, 0.1) is 0 Å². The molecular formula is C7H11ClF3NO. The van der Waals surface area contributed by atoms with Crippen LogP contribution >= 0.6 is 11.6 Å². The molecule has 0 radical (unpaired) electrons. The second kappa shape index (κ2) is 5.32. The summed E-state index contributed by atoms with van der Waals surface area (Å²) in [6, 6.07) is 0. The number of hydrogen-bond acceptors (Lipinski definition) is 1. The topological polar surface area (TPSA) is 20.3 Å². The minimum Gasteiger partial charge on any atom is -0.345 e. The Kier molecular flexibility index (Phi) is 5.13. The molecule has 0 rings (SSSR count). The van der Waals surface area contributed by atoms with E-state index >= 15 is 0 Å². The monoisotopic (exact) mass is 217 g/mol. The van der Waals surface area contributed by atoms with E-state index < -0.39 is 24.9 Å². The second-order valence-corrected chi connectivity index (χ2v) is 3.00. The Bertz CT molecular complexity index is 172. The van der Waals surface area contributed by atoms with Crippen molar-refractivity contribution in [2.45, 2.75) is 19.0 Å². The zero-order chi connectivity index (χ0) is 10.5. The Morgan fingerprint density at radius 1 is 1.46 bits per heavy atom. The first kappa shape index (κ1) is 12.6. The van der Waals surface area contributed by atoms with E-state index in [-0.39, 0.29) is 12.4 Å². The summed E-state index contributed by atoms with van der Waals surface area (Å²) in [5.74, 6) is -0.299. The molecule has 0 aromatic rings. The minimum atomic E-state index is -4.27. The average Bonchev–Trinajstić information content (AvgIpc) is 1.99. The van der Waals surface area contributed by atoms with Gasteiger partial charge in [-0.15, -0.1) is 11.6 Å². The van der Waals surface area contributed by atoms with E-state index in [9.17, 15) is 18.0 Å². The van der Waals surface area contributed by atoms with Crippen LogP contribution in [-0.2, 0) is 4.79 Å². The summed E-state index contributed by atoms with van der Waals surface area (Å²) >= 11 is 5.31. The van der Waals surface area contributed by atoms with Crippen molar-refractivity contribution in [3.8, 4) is 0 Å². The van der Waals surface area contributed by atoms with E-state index in [0.717, 1.165) is 0 Å². The zero-order valence-corrected chi connectivity index (χ0v) is 7.95. The Labute approximate surface area is 79.7 Å². The number of hydrogen-bond donors (Lipinski definition) is 0. The van der Waals surface area contributed by atoms with Gasteiger partial charge in [-0.05, 0) is 0 Å². The molecule has 1 amide bonds. The van der Waals surface area contributed by atoms with Gasteiger partial charge < -0.3 is 4.90 Å². The predicted molar refractivity (Wildman–Crippen MR) is 43.6 cm³/mol. The number of amides is 1. The van der Waals surface area contributed by atoms with Gasteiger partial charge in [0.2, 0.25) is 5.91 Å². The number of carbonyl (C=O) groups excluding carboxylic acids is 1. The SMILES string of the molecule is CN(CCCl)C(=O)CCC(F)(F)F. The normalized spacial score (nSPS) is 11.5. The molecule has 0 aliphatic rings. The Morgan fingerprint density at radius 2 is 2.00 bits per heavy atom. The predicted octanol–water partition coefficient (Wildman–Crippen LogP) is 2.03. The molecule has 0 aromatic heterocycles. The number of nitrogens with zero attached hydrogens (tertiary/aromatic N) is 1. The van der Waals surface area contributed by atoms with Crippen LogP contribution in [0.5, 0.6) is 0 Å². The summed E-state index contributed by atoms with van der Waals surface area (Å²) in [4.78, 5) is 12.1. The average molecular weight is 218 g/mol.